The molecule has 1 aromatic rings. The van der Waals surface area contributed by atoms with Crippen molar-refractivity contribution in [3.63, 3.8) is 0 Å². The first-order valence-corrected chi connectivity index (χ1v) is 10.8. The van der Waals surface area contributed by atoms with E-state index in [-0.39, 0.29) is 19.0 Å². The number of alkyl halides is 2. The minimum atomic E-state index is -1.11. The van der Waals surface area contributed by atoms with Crippen molar-refractivity contribution in [3.8, 4) is 5.75 Å². The molecule has 1 aromatic carbocycles. The normalized spacial score (nSPS) is 25.3. The number of para-hydroxylation sites is 1. The maximum atomic E-state index is 12.2. The van der Waals surface area contributed by atoms with E-state index in [1.54, 1.807) is 20.3 Å². The van der Waals surface area contributed by atoms with E-state index in [1.165, 1.54) is 12.8 Å². The quantitative estimate of drug-likeness (QED) is 0.309. The lowest BCUT2D eigenvalue weighted by molar-refractivity contribution is -0.135. The monoisotopic (exact) mass is 426 g/mol. The fourth-order valence-corrected chi connectivity index (χ4v) is 5.19. The number of benzene rings is 1. The number of halogens is 2. The lowest BCUT2D eigenvalue weighted by atomic mass is 9.47. The third kappa shape index (κ3) is 4.23. The summed E-state index contributed by atoms with van der Waals surface area (Å²) in [7, 11) is 2.95. The Hall–Kier alpha value is -0.745. The van der Waals surface area contributed by atoms with E-state index in [0.29, 0.717) is 35.4 Å². The van der Waals surface area contributed by atoms with Crippen molar-refractivity contribution < 1.29 is 18.8 Å². The second kappa shape index (κ2) is 8.95. The number of hydrogen-bond acceptors (Lipinski definition) is 4. The summed E-state index contributed by atoms with van der Waals surface area (Å²) < 4.78 is 17.5. The zero-order valence-corrected chi connectivity index (χ0v) is 18.6. The molecule has 3 fully saturated rings. The Bertz CT molecular complexity index is 708. The van der Waals surface area contributed by atoms with Gasteiger partial charge in [-0.1, -0.05) is 49.2 Å². The van der Waals surface area contributed by atoms with Crippen LogP contribution >= 0.6 is 23.2 Å². The van der Waals surface area contributed by atoms with Gasteiger partial charge < -0.3 is 14.0 Å². The molecular weight excluding hydrogens is 398 g/mol. The van der Waals surface area contributed by atoms with Gasteiger partial charge in [-0.2, -0.15) is 0 Å². The van der Waals surface area contributed by atoms with Crippen LogP contribution in [-0.2, 0) is 15.7 Å². The van der Waals surface area contributed by atoms with Crippen molar-refractivity contribution in [3.05, 3.63) is 29.3 Å². The summed E-state index contributed by atoms with van der Waals surface area (Å²) >= 11 is 11.5. The van der Waals surface area contributed by atoms with Gasteiger partial charge in [0.15, 0.2) is 10.6 Å². The highest BCUT2D eigenvalue weighted by Gasteiger charge is 2.55. The van der Waals surface area contributed by atoms with E-state index in [2.05, 4.69) is 13.8 Å². The molecule has 0 N–H and O–H groups in total. The van der Waals surface area contributed by atoms with Crippen LogP contribution < -0.4 is 4.74 Å². The van der Waals surface area contributed by atoms with E-state index >= 15 is 0 Å². The summed E-state index contributed by atoms with van der Waals surface area (Å²) in [5.41, 5.74) is 1.69. The molecule has 3 atom stereocenters. The number of carbonyl (C=O) groups is 1. The number of fused-ring (bicyclic) bond motifs is 2. The van der Waals surface area contributed by atoms with Crippen molar-refractivity contribution in [2.75, 3.05) is 14.2 Å². The second-order valence-corrected chi connectivity index (χ2v) is 9.58. The molecule has 4 rings (SSSR count). The first-order chi connectivity index (χ1) is 13.3. The summed E-state index contributed by atoms with van der Waals surface area (Å²) in [5, 5.41) is 0. The number of hydrogen-bond donors (Lipinski definition) is 0. The Labute approximate surface area is 178 Å². The van der Waals surface area contributed by atoms with Gasteiger partial charge in [-0.15, -0.1) is 0 Å². The number of aryl methyl sites for hydroxylation is 1. The number of ether oxygens (including phenoxy) is 1. The molecule has 2 bridgehead atoms. The van der Waals surface area contributed by atoms with Gasteiger partial charge in [0.1, 0.15) is 5.75 Å². The minimum absolute atomic E-state index is 0.257. The Morgan fingerprint density at radius 2 is 2.04 bits per heavy atom. The first-order valence-electron chi connectivity index (χ1n) is 9.96. The molecule has 0 saturated heterocycles. The second-order valence-electron chi connectivity index (χ2n) is 8.48. The van der Waals surface area contributed by atoms with Gasteiger partial charge in [0, 0.05) is 13.2 Å². The molecule has 0 heterocycles. The number of Topliss-reactive ketones (excluding diaryl/α,β-unsaturated/α-hetero) is 1. The van der Waals surface area contributed by atoms with E-state index in [1.807, 2.05) is 12.1 Å². The smallest absolute Gasteiger partial charge is 0.457 e. The van der Waals surface area contributed by atoms with Crippen LogP contribution in [0, 0.1) is 17.3 Å². The highest BCUT2D eigenvalue weighted by Crippen LogP contribution is 2.59. The summed E-state index contributed by atoms with van der Waals surface area (Å²) in [5.74, 6) is 1.62. The van der Waals surface area contributed by atoms with Crippen molar-refractivity contribution in [2.45, 2.75) is 56.8 Å². The van der Waals surface area contributed by atoms with Crippen LogP contribution in [0.25, 0.3) is 0 Å². The van der Waals surface area contributed by atoms with Crippen molar-refractivity contribution in [2.24, 2.45) is 17.3 Å². The molecule has 154 valence electrons. The van der Waals surface area contributed by atoms with Crippen LogP contribution in [0.15, 0.2) is 18.2 Å². The van der Waals surface area contributed by atoms with E-state index in [0.717, 1.165) is 17.9 Å². The molecule has 7 heteroatoms. The molecular formula is C21H29BCl2O4. The highest BCUT2D eigenvalue weighted by molar-refractivity contribution is 6.55. The van der Waals surface area contributed by atoms with Gasteiger partial charge in [0.05, 0.1) is 12.7 Å². The molecule has 0 radical (unpaired) electrons. The zero-order chi connectivity index (χ0) is 20.5. The third-order valence-electron chi connectivity index (χ3n) is 6.80. The van der Waals surface area contributed by atoms with Crippen LogP contribution in [0.1, 0.15) is 49.0 Å². The lowest BCUT2D eigenvalue weighted by Gasteiger charge is -2.60. The largest absolute Gasteiger partial charge is 0.496 e. The molecule has 4 nitrogen and oxygen atoms in total. The number of methoxy groups -OCH3 is 1. The molecule has 3 unspecified atom stereocenters. The number of ketones is 1. The summed E-state index contributed by atoms with van der Waals surface area (Å²) in [6, 6.07) is 5.45. The Morgan fingerprint density at radius 1 is 1.29 bits per heavy atom. The maximum Gasteiger partial charge on any atom is 0.457 e. The topological polar surface area (TPSA) is 44.8 Å². The van der Waals surface area contributed by atoms with Crippen LogP contribution in [-0.4, -0.2) is 38.1 Å². The minimum Gasteiger partial charge on any atom is -0.496 e. The SMILES string of the molecule is COB(CCc1cccc(C(=O)C(Cl)Cl)c1OC)OC1CCC2CC1C2(C)C. The van der Waals surface area contributed by atoms with E-state index in [4.69, 9.17) is 37.2 Å². The third-order valence-corrected chi connectivity index (χ3v) is 7.19. The lowest BCUT2D eigenvalue weighted by Crippen LogP contribution is -2.56. The summed E-state index contributed by atoms with van der Waals surface area (Å²) in [4.78, 5) is 11.1. The first kappa shape index (κ1) is 22.0. The van der Waals surface area contributed by atoms with Crippen molar-refractivity contribution in [1.82, 2.24) is 0 Å². The fourth-order valence-electron chi connectivity index (χ4n) is 4.95. The van der Waals surface area contributed by atoms with Crippen LogP contribution in [0.5, 0.6) is 5.75 Å². The molecule has 3 aliphatic rings. The zero-order valence-electron chi connectivity index (χ0n) is 17.0. The maximum absolute atomic E-state index is 12.2. The van der Waals surface area contributed by atoms with Gasteiger partial charge in [0.2, 0.25) is 0 Å². The van der Waals surface area contributed by atoms with Crippen molar-refractivity contribution >= 4 is 36.1 Å². The molecule has 28 heavy (non-hydrogen) atoms. The van der Waals surface area contributed by atoms with E-state index < -0.39 is 4.84 Å². The molecule has 3 saturated carbocycles. The predicted octanol–water partition coefficient (Wildman–Crippen LogP) is 5.20. The van der Waals surface area contributed by atoms with Gasteiger partial charge in [-0.05, 0) is 60.9 Å². The number of carbonyl (C=O) groups excluding carboxylic acids is 1. The van der Waals surface area contributed by atoms with Gasteiger partial charge in [-0.3, -0.25) is 4.79 Å². The molecule has 0 aliphatic heterocycles. The standard InChI is InChI=1S/C21H29BCl2O4/c1-21(2)14-8-9-17(16(21)12-14)28-22(27-4)11-10-13-6-5-7-15(19(13)26-3)18(25)20(23)24/h5-7,14,16-17,20H,8-12H2,1-4H3. The average Bonchev–Trinajstić information content (AvgIpc) is 2.69. The van der Waals surface area contributed by atoms with Crippen LogP contribution in [0.3, 0.4) is 0 Å². The average molecular weight is 427 g/mol. The highest BCUT2D eigenvalue weighted by atomic mass is 35.5. The molecule has 0 amide bonds. The summed E-state index contributed by atoms with van der Waals surface area (Å²) in [6.45, 7) is 4.72. The van der Waals surface area contributed by atoms with E-state index in [9.17, 15) is 4.79 Å². The Kier molecular flexibility index (Phi) is 7.02. The van der Waals surface area contributed by atoms with Gasteiger partial charge >= 0.3 is 7.12 Å². The van der Waals surface area contributed by atoms with Crippen LogP contribution in [0.4, 0.5) is 0 Å². The van der Waals surface area contributed by atoms with Gasteiger partial charge in [-0.25, -0.2) is 0 Å². The van der Waals surface area contributed by atoms with Crippen molar-refractivity contribution in [1.29, 1.82) is 0 Å². The van der Waals surface area contributed by atoms with Crippen LogP contribution in [0.2, 0.25) is 6.32 Å². The Morgan fingerprint density at radius 3 is 2.61 bits per heavy atom. The van der Waals surface area contributed by atoms with Gasteiger partial charge in [0.25, 0.3) is 0 Å². The molecule has 3 aliphatic carbocycles. The Balaban J connectivity index is 1.65. The predicted molar refractivity (Wildman–Crippen MR) is 114 cm³/mol. The number of rotatable bonds is 9. The molecule has 0 aromatic heterocycles. The summed E-state index contributed by atoms with van der Waals surface area (Å²) in [6.07, 6.45) is 5.22. The molecule has 0 spiro atoms. The fraction of sp³-hybridized carbons (Fsp3) is 0.667.